The summed E-state index contributed by atoms with van der Waals surface area (Å²) in [4.78, 5) is 2.49. The van der Waals surface area contributed by atoms with Crippen molar-refractivity contribution in [2.75, 3.05) is 19.6 Å². The SMILES string of the molecule is CCC1(CC)CCN(CC(C)(C#N)NC2CC2)CC1. The highest BCUT2D eigenvalue weighted by atomic mass is 15.2. The van der Waals surface area contributed by atoms with Crippen LogP contribution in [0.1, 0.15) is 59.3 Å². The fourth-order valence-electron chi connectivity index (χ4n) is 3.38. The van der Waals surface area contributed by atoms with Gasteiger partial charge in [0.15, 0.2) is 0 Å². The van der Waals surface area contributed by atoms with Crippen molar-refractivity contribution in [3.05, 3.63) is 0 Å². The van der Waals surface area contributed by atoms with Gasteiger partial charge in [-0.1, -0.05) is 26.7 Å². The highest BCUT2D eigenvalue weighted by molar-refractivity contribution is 5.09. The van der Waals surface area contributed by atoms with Gasteiger partial charge in [-0.05, 0) is 51.1 Å². The van der Waals surface area contributed by atoms with Gasteiger partial charge in [0.1, 0.15) is 5.54 Å². The Balaban J connectivity index is 1.85. The first-order valence-corrected chi connectivity index (χ1v) is 7.96. The number of hydrogen-bond donors (Lipinski definition) is 1. The van der Waals surface area contributed by atoms with Gasteiger partial charge in [-0.25, -0.2) is 0 Å². The summed E-state index contributed by atoms with van der Waals surface area (Å²) in [6.45, 7) is 9.91. The summed E-state index contributed by atoms with van der Waals surface area (Å²) in [5, 5.41) is 13.0. The number of likely N-dealkylation sites (tertiary alicyclic amines) is 1. The van der Waals surface area contributed by atoms with Gasteiger partial charge in [-0.15, -0.1) is 0 Å². The second kappa shape index (κ2) is 5.81. The predicted molar refractivity (Wildman–Crippen MR) is 78.9 cm³/mol. The molecule has 0 spiro atoms. The van der Waals surface area contributed by atoms with Crippen LogP contribution in [-0.4, -0.2) is 36.1 Å². The Labute approximate surface area is 118 Å². The number of rotatable bonds is 6. The van der Waals surface area contributed by atoms with E-state index in [4.69, 9.17) is 0 Å². The Bertz CT molecular complexity index is 328. The molecule has 2 aliphatic rings. The van der Waals surface area contributed by atoms with Crippen LogP contribution >= 0.6 is 0 Å². The molecule has 2 fully saturated rings. The first kappa shape index (κ1) is 14.8. The molecule has 0 amide bonds. The van der Waals surface area contributed by atoms with Gasteiger partial charge in [0.25, 0.3) is 0 Å². The van der Waals surface area contributed by atoms with Crippen LogP contribution < -0.4 is 5.32 Å². The maximum absolute atomic E-state index is 9.45. The van der Waals surface area contributed by atoms with E-state index in [1.165, 1.54) is 38.5 Å². The molecule has 1 saturated heterocycles. The summed E-state index contributed by atoms with van der Waals surface area (Å²) in [5.41, 5.74) is 0.211. The molecule has 1 heterocycles. The third kappa shape index (κ3) is 3.70. The van der Waals surface area contributed by atoms with Crippen LogP contribution in [0.4, 0.5) is 0 Å². The monoisotopic (exact) mass is 263 g/mol. The second-order valence-corrected chi connectivity index (χ2v) is 6.85. The van der Waals surface area contributed by atoms with Crippen molar-refractivity contribution in [3.8, 4) is 6.07 Å². The molecule has 0 radical (unpaired) electrons. The lowest BCUT2D eigenvalue weighted by atomic mass is 9.74. The van der Waals surface area contributed by atoms with E-state index in [1.54, 1.807) is 0 Å². The summed E-state index contributed by atoms with van der Waals surface area (Å²) < 4.78 is 0. The van der Waals surface area contributed by atoms with Crippen LogP contribution in [0.25, 0.3) is 0 Å². The second-order valence-electron chi connectivity index (χ2n) is 6.85. The minimum atomic E-state index is -0.362. The molecule has 3 nitrogen and oxygen atoms in total. The zero-order chi connectivity index (χ0) is 13.9. The maximum atomic E-state index is 9.45. The molecule has 0 bridgehead atoms. The highest BCUT2D eigenvalue weighted by Crippen LogP contribution is 2.38. The van der Waals surface area contributed by atoms with Crippen LogP contribution in [0, 0.1) is 16.7 Å². The number of nitrogens with zero attached hydrogens (tertiary/aromatic N) is 2. The van der Waals surface area contributed by atoms with Crippen molar-refractivity contribution in [2.45, 2.75) is 70.9 Å². The molecule has 1 aliphatic heterocycles. The Morgan fingerprint density at radius 1 is 1.26 bits per heavy atom. The zero-order valence-electron chi connectivity index (χ0n) is 12.8. The van der Waals surface area contributed by atoms with Crippen molar-refractivity contribution >= 4 is 0 Å². The van der Waals surface area contributed by atoms with E-state index in [0.29, 0.717) is 11.5 Å². The molecule has 1 unspecified atom stereocenters. The third-order valence-electron chi connectivity index (χ3n) is 5.30. The summed E-state index contributed by atoms with van der Waals surface area (Å²) in [6, 6.07) is 3.09. The molecule has 0 aromatic carbocycles. The first-order valence-electron chi connectivity index (χ1n) is 7.96. The normalized spacial score (nSPS) is 26.6. The standard InChI is InChI=1S/C16H29N3/c1-4-16(5-2)8-10-19(11-9-16)13-15(3,12-17)18-14-6-7-14/h14,18H,4-11,13H2,1-3H3. The average molecular weight is 263 g/mol. The molecule has 1 saturated carbocycles. The van der Waals surface area contributed by atoms with Crippen LogP contribution in [0.15, 0.2) is 0 Å². The van der Waals surface area contributed by atoms with Crippen molar-refractivity contribution in [1.29, 1.82) is 5.26 Å². The van der Waals surface area contributed by atoms with Crippen molar-refractivity contribution in [1.82, 2.24) is 10.2 Å². The molecule has 3 heteroatoms. The molecular weight excluding hydrogens is 234 g/mol. The molecule has 1 aliphatic carbocycles. The van der Waals surface area contributed by atoms with Gasteiger partial charge in [0, 0.05) is 12.6 Å². The summed E-state index contributed by atoms with van der Waals surface area (Å²) in [5.74, 6) is 0. The molecular formula is C16H29N3. The van der Waals surface area contributed by atoms with E-state index in [1.807, 2.05) is 0 Å². The topological polar surface area (TPSA) is 39.1 Å². The number of nitrogens with one attached hydrogen (secondary N) is 1. The molecule has 1 N–H and O–H groups in total. The van der Waals surface area contributed by atoms with E-state index in [-0.39, 0.29) is 5.54 Å². The van der Waals surface area contributed by atoms with Gasteiger partial charge in [-0.3, -0.25) is 5.32 Å². The van der Waals surface area contributed by atoms with Crippen molar-refractivity contribution in [2.24, 2.45) is 5.41 Å². The van der Waals surface area contributed by atoms with E-state index < -0.39 is 0 Å². The minimum absolute atomic E-state index is 0.362. The predicted octanol–water partition coefficient (Wildman–Crippen LogP) is 2.92. The van der Waals surface area contributed by atoms with Gasteiger partial charge < -0.3 is 4.90 Å². The molecule has 19 heavy (non-hydrogen) atoms. The lowest BCUT2D eigenvalue weighted by Crippen LogP contribution is -2.53. The maximum Gasteiger partial charge on any atom is 0.116 e. The van der Waals surface area contributed by atoms with Gasteiger partial charge in [0.05, 0.1) is 6.07 Å². The largest absolute Gasteiger partial charge is 0.300 e. The fourth-order valence-corrected chi connectivity index (χ4v) is 3.38. The van der Waals surface area contributed by atoms with E-state index in [9.17, 15) is 5.26 Å². The molecule has 0 aromatic heterocycles. The summed E-state index contributed by atoms with van der Waals surface area (Å²) in [6.07, 6.45) is 7.67. The molecule has 1 atom stereocenters. The van der Waals surface area contributed by atoms with Gasteiger partial charge >= 0.3 is 0 Å². The number of nitriles is 1. The van der Waals surface area contributed by atoms with Crippen LogP contribution in [0.3, 0.4) is 0 Å². The first-order chi connectivity index (χ1) is 9.05. The van der Waals surface area contributed by atoms with Gasteiger partial charge in [-0.2, -0.15) is 5.26 Å². The zero-order valence-corrected chi connectivity index (χ0v) is 12.8. The Morgan fingerprint density at radius 2 is 1.84 bits per heavy atom. The smallest absolute Gasteiger partial charge is 0.116 e. The minimum Gasteiger partial charge on any atom is -0.300 e. The Morgan fingerprint density at radius 3 is 2.26 bits per heavy atom. The lowest BCUT2D eigenvalue weighted by Gasteiger charge is -2.43. The van der Waals surface area contributed by atoms with Crippen LogP contribution in [-0.2, 0) is 0 Å². The Kier molecular flexibility index (Phi) is 4.53. The van der Waals surface area contributed by atoms with E-state index in [2.05, 4.69) is 37.1 Å². The fraction of sp³-hybridized carbons (Fsp3) is 0.938. The third-order valence-corrected chi connectivity index (χ3v) is 5.30. The van der Waals surface area contributed by atoms with E-state index in [0.717, 1.165) is 19.6 Å². The summed E-state index contributed by atoms with van der Waals surface area (Å²) >= 11 is 0. The van der Waals surface area contributed by atoms with Crippen molar-refractivity contribution < 1.29 is 0 Å². The van der Waals surface area contributed by atoms with Crippen molar-refractivity contribution in [3.63, 3.8) is 0 Å². The van der Waals surface area contributed by atoms with Gasteiger partial charge in [0.2, 0.25) is 0 Å². The highest BCUT2D eigenvalue weighted by Gasteiger charge is 2.37. The average Bonchev–Trinajstić information content (AvgIpc) is 3.24. The number of piperidine rings is 1. The molecule has 108 valence electrons. The Hall–Kier alpha value is -0.590. The molecule has 0 aromatic rings. The quantitative estimate of drug-likeness (QED) is 0.801. The summed E-state index contributed by atoms with van der Waals surface area (Å²) in [7, 11) is 0. The van der Waals surface area contributed by atoms with E-state index >= 15 is 0 Å². The lowest BCUT2D eigenvalue weighted by molar-refractivity contribution is 0.0826. The molecule has 2 rings (SSSR count). The number of hydrogen-bond acceptors (Lipinski definition) is 3. The van der Waals surface area contributed by atoms with Crippen LogP contribution in [0.2, 0.25) is 0 Å². The van der Waals surface area contributed by atoms with Crippen LogP contribution in [0.5, 0.6) is 0 Å².